The third-order valence-electron chi connectivity index (χ3n) is 3.32. The number of alkyl halides is 4. The Morgan fingerprint density at radius 1 is 1.11 bits per heavy atom. The maximum atomic E-state index is 13.1. The highest BCUT2D eigenvalue weighted by atomic mass is 32.2. The molecular weight excluding hydrogens is 431 g/mol. The lowest BCUT2D eigenvalue weighted by atomic mass is 10.3. The van der Waals surface area contributed by atoms with Crippen LogP contribution < -0.4 is 4.31 Å². The first-order chi connectivity index (χ1) is 13.2. The summed E-state index contributed by atoms with van der Waals surface area (Å²) in [6.07, 6.45) is -1.82. The van der Waals surface area contributed by atoms with Crippen LogP contribution in [0.1, 0.15) is 17.3 Å². The SMILES string of the molecule is O=S(=O)(C(F)F)N(Cc1ncc(-c2nnc(C(F)F)o2)s1)c1ccc(F)cc1. The van der Waals surface area contributed by atoms with E-state index in [0.29, 0.717) is 4.31 Å². The standard InChI is InChI=1S/C14H9F5N4O3S2/c15-7-1-3-8(4-2-7)23(28(24,25)14(18)19)6-10-20-5-9(27-10)12-21-22-13(26-12)11(16)17/h1-5,11,14H,6H2. The summed E-state index contributed by atoms with van der Waals surface area (Å²) in [6.45, 7) is -0.598. The molecule has 3 rings (SSSR count). The summed E-state index contributed by atoms with van der Waals surface area (Å²) < 4.78 is 93.4. The molecule has 7 nitrogen and oxygen atoms in total. The highest BCUT2D eigenvalue weighted by Crippen LogP contribution is 2.30. The van der Waals surface area contributed by atoms with Crippen LogP contribution in [0.25, 0.3) is 10.8 Å². The van der Waals surface area contributed by atoms with E-state index in [0.717, 1.165) is 41.8 Å². The van der Waals surface area contributed by atoms with Crippen molar-refractivity contribution in [1.82, 2.24) is 15.2 Å². The van der Waals surface area contributed by atoms with Gasteiger partial charge >= 0.3 is 12.2 Å². The second-order valence-electron chi connectivity index (χ2n) is 5.15. The lowest BCUT2D eigenvalue weighted by Crippen LogP contribution is -2.35. The predicted octanol–water partition coefficient (Wildman–Crippen LogP) is 3.83. The van der Waals surface area contributed by atoms with E-state index in [1.807, 2.05) is 0 Å². The van der Waals surface area contributed by atoms with E-state index in [-0.39, 0.29) is 21.5 Å². The van der Waals surface area contributed by atoms with E-state index in [1.165, 1.54) is 0 Å². The van der Waals surface area contributed by atoms with Gasteiger partial charge in [-0.25, -0.2) is 17.8 Å². The molecule has 0 N–H and O–H groups in total. The van der Waals surface area contributed by atoms with Crippen LogP contribution in [0.5, 0.6) is 0 Å². The fourth-order valence-corrected chi connectivity index (χ4v) is 3.88. The van der Waals surface area contributed by atoms with Gasteiger partial charge in [0.15, 0.2) is 0 Å². The Balaban J connectivity index is 1.91. The van der Waals surface area contributed by atoms with Crippen molar-refractivity contribution in [3.05, 3.63) is 47.2 Å². The first-order valence-corrected chi connectivity index (χ1v) is 9.62. The first-order valence-electron chi connectivity index (χ1n) is 7.30. The van der Waals surface area contributed by atoms with Crippen LogP contribution in [0.3, 0.4) is 0 Å². The second-order valence-corrected chi connectivity index (χ2v) is 8.10. The number of sulfonamides is 1. The summed E-state index contributed by atoms with van der Waals surface area (Å²) >= 11 is 0.788. The number of benzene rings is 1. The lowest BCUT2D eigenvalue weighted by Gasteiger charge is -2.22. The van der Waals surface area contributed by atoms with E-state index in [9.17, 15) is 30.4 Å². The van der Waals surface area contributed by atoms with Gasteiger partial charge in [0.25, 0.3) is 21.8 Å². The van der Waals surface area contributed by atoms with Crippen LogP contribution in [0.4, 0.5) is 27.6 Å². The van der Waals surface area contributed by atoms with Gasteiger partial charge < -0.3 is 4.42 Å². The third-order valence-corrected chi connectivity index (χ3v) is 5.69. The molecule has 28 heavy (non-hydrogen) atoms. The highest BCUT2D eigenvalue weighted by Gasteiger charge is 2.33. The Labute approximate surface area is 158 Å². The molecular formula is C14H9F5N4O3S2. The number of nitrogens with zero attached hydrogens (tertiary/aromatic N) is 4. The zero-order valence-corrected chi connectivity index (χ0v) is 15.1. The van der Waals surface area contributed by atoms with Gasteiger partial charge in [-0.05, 0) is 24.3 Å². The fourth-order valence-electron chi connectivity index (χ4n) is 2.06. The minimum atomic E-state index is -5.07. The van der Waals surface area contributed by atoms with Crippen LogP contribution >= 0.6 is 11.3 Å². The quantitative estimate of drug-likeness (QED) is 0.519. The summed E-state index contributed by atoms with van der Waals surface area (Å²) in [5.74, 6) is -5.58. The van der Waals surface area contributed by atoms with Crippen molar-refractivity contribution in [2.24, 2.45) is 0 Å². The molecule has 0 aliphatic carbocycles. The minimum Gasteiger partial charge on any atom is -0.414 e. The Morgan fingerprint density at radius 2 is 1.79 bits per heavy atom. The van der Waals surface area contributed by atoms with Crippen LogP contribution in [-0.2, 0) is 16.6 Å². The van der Waals surface area contributed by atoms with E-state index in [1.54, 1.807) is 0 Å². The van der Waals surface area contributed by atoms with Crippen LogP contribution in [0.15, 0.2) is 34.9 Å². The number of anilines is 1. The van der Waals surface area contributed by atoms with Gasteiger partial charge in [-0.2, -0.15) is 17.6 Å². The molecule has 0 amide bonds. The van der Waals surface area contributed by atoms with Gasteiger partial charge in [0.2, 0.25) is 0 Å². The highest BCUT2D eigenvalue weighted by molar-refractivity contribution is 7.93. The van der Waals surface area contributed by atoms with Gasteiger partial charge in [0.05, 0.1) is 18.4 Å². The van der Waals surface area contributed by atoms with Gasteiger partial charge in [-0.3, -0.25) is 4.31 Å². The molecule has 0 unspecified atom stereocenters. The summed E-state index contributed by atoms with van der Waals surface area (Å²) in [6, 6.07) is 3.88. The molecule has 0 bridgehead atoms. The summed E-state index contributed by atoms with van der Waals surface area (Å²) in [4.78, 5) is 4.02. The van der Waals surface area contributed by atoms with Crippen molar-refractivity contribution < 1.29 is 34.8 Å². The summed E-state index contributed by atoms with van der Waals surface area (Å²) in [7, 11) is -5.07. The average Bonchev–Trinajstić information content (AvgIpc) is 3.29. The lowest BCUT2D eigenvalue weighted by molar-refractivity contribution is 0.116. The fraction of sp³-hybridized carbons (Fsp3) is 0.214. The zero-order chi connectivity index (χ0) is 20.5. The minimum absolute atomic E-state index is 0.0420. The average molecular weight is 440 g/mol. The number of rotatable bonds is 7. The van der Waals surface area contributed by atoms with E-state index < -0.39 is 40.5 Å². The smallest absolute Gasteiger partial charge is 0.355 e. The number of thiazole rings is 1. The molecule has 1 aromatic carbocycles. The van der Waals surface area contributed by atoms with E-state index in [2.05, 4.69) is 15.2 Å². The Bertz CT molecular complexity index is 1050. The maximum absolute atomic E-state index is 13.1. The molecule has 0 atom stereocenters. The molecule has 14 heteroatoms. The largest absolute Gasteiger partial charge is 0.414 e. The molecule has 0 saturated carbocycles. The Morgan fingerprint density at radius 3 is 2.36 bits per heavy atom. The van der Waals surface area contributed by atoms with Crippen molar-refractivity contribution >= 4 is 27.0 Å². The summed E-state index contributed by atoms with van der Waals surface area (Å²) in [5, 5.41) is 6.62. The number of halogens is 5. The maximum Gasteiger partial charge on any atom is 0.355 e. The topological polar surface area (TPSA) is 89.2 Å². The molecule has 0 radical (unpaired) electrons. The van der Waals surface area contributed by atoms with Crippen molar-refractivity contribution in [2.45, 2.75) is 18.7 Å². The van der Waals surface area contributed by atoms with Crippen LogP contribution in [-0.4, -0.2) is 29.4 Å². The number of hydrogen-bond donors (Lipinski definition) is 0. The van der Waals surface area contributed by atoms with E-state index in [4.69, 9.17) is 4.42 Å². The van der Waals surface area contributed by atoms with Crippen LogP contribution in [0.2, 0.25) is 0 Å². The van der Waals surface area contributed by atoms with Gasteiger partial charge in [0.1, 0.15) is 15.7 Å². The van der Waals surface area contributed by atoms with Crippen LogP contribution in [0, 0.1) is 5.82 Å². The van der Waals surface area contributed by atoms with Crippen molar-refractivity contribution in [2.75, 3.05) is 4.31 Å². The molecule has 0 spiro atoms. The molecule has 2 aromatic heterocycles. The molecule has 150 valence electrons. The van der Waals surface area contributed by atoms with Crippen molar-refractivity contribution in [3.63, 3.8) is 0 Å². The monoisotopic (exact) mass is 440 g/mol. The van der Waals surface area contributed by atoms with E-state index >= 15 is 0 Å². The van der Waals surface area contributed by atoms with Crippen molar-refractivity contribution in [3.8, 4) is 10.8 Å². The molecule has 0 aliphatic heterocycles. The van der Waals surface area contributed by atoms with Gasteiger partial charge in [0, 0.05) is 0 Å². The molecule has 0 aliphatic rings. The Hall–Kier alpha value is -2.61. The molecule has 0 fully saturated rings. The normalized spacial score (nSPS) is 12.1. The third kappa shape index (κ3) is 4.11. The molecule has 0 saturated heterocycles. The first kappa shape index (κ1) is 20.1. The Kier molecular flexibility index (Phi) is 5.60. The van der Waals surface area contributed by atoms with Gasteiger partial charge in [-0.15, -0.1) is 21.5 Å². The summed E-state index contributed by atoms with van der Waals surface area (Å²) in [5.41, 5.74) is -0.198. The zero-order valence-electron chi connectivity index (χ0n) is 13.5. The van der Waals surface area contributed by atoms with Crippen molar-refractivity contribution in [1.29, 1.82) is 0 Å². The molecule has 3 aromatic rings. The molecule has 2 heterocycles. The van der Waals surface area contributed by atoms with Gasteiger partial charge in [-0.1, -0.05) is 0 Å². The predicted molar refractivity (Wildman–Crippen MR) is 87.9 cm³/mol. The second kappa shape index (κ2) is 7.79. The number of hydrogen-bond acceptors (Lipinski definition) is 7. The number of aromatic nitrogens is 3.